The van der Waals surface area contributed by atoms with E-state index in [1.807, 2.05) is 0 Å². The van der Waals surface area contributed by atoms with Gasteiger partial charge in [0.2, 0.25) is 0 Å². The molecule has 0 fully saturated rings. The van der Waals surface area contributed by atoms with Crippen LogP contribution in [0.15, 0.2) is 53.3 Å². The number of halogens is 1. The summed E-state index contributed by atoms with van der Waals surface area (Å²) in [6.45, 7) is 1.34. The zero-order chi connectivity index (χ0) is 19.4. The summed E-state index contributed by atoms with van der Waals surface area (Å²) in [5.74, 6) is -1.25. The molecule has 1 atom stereocenters. The van der Waals surface area contributed by atoms with Crippen molar-refractivity contribution in [3.8, 4) is 0 Å². The number of nitrogens with one attached hydrogen (secondary N) is 2. The summed E-state index contributed by atoms with van der Waals surface area (Å²) < 4.78 is 5.04. The molecule has 3 aromatic rings. The Bertz CT molecular complexity index is 1050. The molecule has 0 aliphatic rings. The van der Waals surface area contributed by atoms with Crippen molar-refractivity contribution in [2.45, 2.75) is 13.0 Å². The van der Waals surface area contributed by atoms with Crippen LogP contribution in [0, 0.1) is 0 Å². The van der Waals surface area contributed by atoms with Gasteiger partial charge in [0.15, 0.2) is 12.3 Å². The molecule has 138 valence electrons. The van der Waals surface area contributed by atoms with Crippen LogP contribution in [0.1, 0.15) is 29.0 Å². The molecule has 0 bridgehead atoms. The SMILES string of the molecule is CC(NC(=O)COC(=O)c1n[nH]c(=O)c2ccccc12)c1ccc(Cl)cc1. The minimum Gasteiger partial charge on any atom is -0.451 e. The highest BCUT2D eigenvalue weighted by Gasteiger charge is 2.17. The van der Waals surface area contributed by atoms with Gasteiger partial charge in [-0.2, -0.15) is 5.10 Å². The minimum absolute atomic E-state index is 0.0521. The Hall–Kier alpha value is -3.19. The number of ether oxygens (including phenoxy) is 1. The molecule has 0 aliphatic heterocycles. The summed E-state index contributed by atoms with van der Waals surface area (Å²) in [6, 6.07) is 13.3. The molecule has 1 amide bonds. The number of rotatable bonds is 5. The maximum Gasteiger partial charge on any atom is 0.359 e. The molecule has 7 nitrogen and oxygen atoms in total. The lowest BCUT2D eigenvalue weighted by Crippen LogP contribution is -2.31. The Morgan fingerprint density at radius 3 is 2.52 bits per heavy atom. The average Bonchev–Trinajstić information content (AvgIpc) is 2.67. The lowest BCUT2D eigenvalue weighted by molar-refractivity contribution is -0.124. The molecule has 0 spiro atoms. The van der Waals surface area contributed by atoms with Crippen molar-refractivity contribution < 1.29 is 14.3 Å². The lowest BCUT2D eigenvalue weighted by atomic mass is 10.1. The van der Waals surface area contributed by atoms with Gasteiger partial charge in [0, 0.05) is 10.4 Å². The molecule has 3 rings (SSSR count). The Morgan fingerprint density at radius 2 is 1.81 bits per heavy atom. The van der Waals surface area contributed by atoms with E-state index in [0.29, 0.717) is 15.8 Å². The molecular weight excluding hydrogens is 370 g/mol. The maximum atomic E-state index is 12.3. The van der Waals surface area contributed by atoms with Crippen LogP contribution in [0.5, 0.6) is 0 Å². The van der Waals surface area contributed by atoms with Gasteiger partial charge in [-0.3, -0.25) is 9.59 Å². The fraction of sp³-hybridized carbons (Fsp3) is 0.158. The monoisotopic (exact) mass is 385 g/mol. The number of hydrogen-bond donors (Lipinski definition) is 2. The van der Waals surface area contributed by atoms with Crippen molar-refractivity contribution >= 4 is 34.2 Å². The third-order valence-corrected chi connectivity index (χ3v) is 4.22. The van der Waals surface area contributed by atoms with Crippen molar-refractivity contribution in [1.29, 1.82) is 0 Å². The molecule has 1 heterocycles. The van der Waals surface area contributed by atoms with Gasteiger partial charge in [-0.25, -0.2) is 9.89 Å². The second-order valence-electron chi connectivity index (χ2n) is 5.86. The van der Waals surface area contributed by atoms with Crippen LogP contribution in [-0.2, 0) is 9.53 Å². The highest BCUT2D eigenvalue weighted by molar-refractivity contribution is 6.30. The summed E-state index contributed by atoms with van der Waals surface area (Å²) in [5, 5.41) is 10.0. The van der Waals surface area contributed by atoms with Gasteiger partial charge in [0.25, 0.3) is 11.5 Å². The molecular formula is C19H16ClN3O4. The summed E-state index contributed by atoms with van der Waals surface area (Å²) in [7, 11) is 0. The third kappa shape index (κ3) is 4.32. The molecule has 2 N–H and O–H groups in total. The molecule has 1 aromatic heterocycles. The normalized spacial score (nSPS) is 11.8. The number of amides is 1. The topological polar surface area (TPSA) is 101 Å². The molecule has 0 saturated heterocycles. The molecule has 0 radical (unpaired) electrons. The van der Waals surface area contributed by atoms with E-state index in [0.717, 1.165) is 5.56 Å². The van der Waals surface area contributed by atoms with E-state index in [1.54, 1.807) is 55.5 Å². The van der Waals surface area contributed by atoms with Crippen LogP contribution in [0.3, 0.4) is 0 Å². The van der Waals surface area contributed by atoms with E-state index in [9.17, 15) is 14.4 Å². The summed E-state index contributed by atoms with van der Waals surface area (Å²) >= 11 is 5.84. The first-order valence-electron chi connectivity index (χ1n) is 8.15. The summed E-state index contributed by atoms with van der Waals surface area (Å²) in [4.78, 5) is 36.1. The first-order valence-corrected chi connectivity index (χ1v) is 8.53. The Kier molecular flexibility index (Phi) is 5.52. The van der Waals surface area contributed by atoms with Crippen LogP contribution in [0.4, 0.5) is 0 Å². The quantitative estimate of drug-likeness (QED) is 0.657. The Balaban J connectivity index is 1.64. The minimum atomic E-state index is -0.795. The number of H-pyrrole nitrogens is 1. The van der Waals surface area contributed by atoms with Crippen LogP contribution in [0.2, 0.25) is 5.02 Å². The van der Waals surface area contributed by atoms with E-state index in [2.05, 4.69) is 15.5 Å². The number of aromatic nitrogens is 2. The number of fused-ring (bicyclic) bond motifs is 1. The Labute approximate surface area is 159 Å². The van der Waals surface area contributed by atoms with Gasteiger partial charge < -0.3 is 10.1 Å². The Morgan fingerprint density at radius 1 is 1.15 bits per heavy atom. The van der Waals surface area contributed by atoms with Crippen molar-refractivity contribution in [3.63, 3.8) is 0 Å². The number of carbonyl (C=O) groups excluding carboxylic acids is 2. The van der Waals surface area contributed by atoms with Gasteiger partial charge in [0.1, 0.15) is 0 Å². The van der Waals surface area contributed by atoms with Crippen LogP contribution in [-0.4, -0.2) is 28.7 Å². The van der Waals surface area contributed by atoms with Gasteiger partial charge in [-0.15, -0.1) is 0 Å². The average molecular weight is 386 g/mol. The van der Waals surface area contributed by atoms with Gasteiger partial charge in [0.05, 0.1) is 11.4 Å². The zero-order valence-electron chi connectivity index (χ0n) is 14.4. The summed E-state index contributed by atoms with van der Waals surface area (Å²) in [5.41, 5.74) is 0.410. The first-order chi connectivity index (χ1) is 13.0. The zero-order valence-corrected chi connectivity index (χ0v) is 15.1. The third-order valence-electron chi connectivity index (χ3n) is 3.97. The molecule has 27 heavy (non-hydrogen) atoms. The highest BCUT2D eigenvalue weighted by Crippen LogP contribution is 2.16. The second-order valence-corrected chi connectivity index (χ2v) is 6.30. The number of carbonyl (C=O) groups is 2. The van der Waals surface area contributed by atoms with E-state index in [4.69, 9.17) is 16.3 Å². The van der Waals surface area contributed by atoms with Crippen molar-refractivity contribution in [1.82, 2.24) is 15.5 Å². The van der Waals surface area contributed by atoms with Crippen LogP contribution >= 0.6 is 11.6 Å². The fourth-order valence-corrected chi connectivity index (χ4v) is 2.71. The number of hydrogen-bond acceptors (Lipinski definition) is 5. The molecule has 1 unspecified atom stereocenters. The van der Waals surface area contributed by atoms with Crippen molar-refractivity contribution in [2.75, 3.05) is 6.61 Å². The van der Waals surface area contributed by atoms with Crippen LogP contribution in [0.25, 0.3) is 10.8 Å². The predicted octanol–water partition coefficient (Wildman–Crippen LogP) is 2.61. The van der Waals surface area contributed by atoms with E-state index in [1.165, 1.54) is 0 Å². The van der Waals surface area contributed by atoms with Gasteiger partial charge in [-0.05, 0) is 30.7 Å². The number of aromatic amines is 1. The molecule has 0 aliphatic carbocycles. The molecule has 0 saturated carbocycles. The smallest absolute Gasteiger partial charge is 0.359 e. The predicted molar refractivity (Wildman–Crippen MR) is 101 cm³/mol. The van der Waals surface area contributed by atoms with Crippen molar-refractivity contribution in [3.05, 3.63) is 75.2 Å². The first kappa shape index (κ1) is 18.6. The standard InChI is InChI=1S/C19H16ClN3O4/c1-11(12-6-8-13(20)9-7-12)21-16(24)10-27-19(26)17-14-4-2-3-5-15(14)18(25)23-22-17/h2-9,11H,10H2,1H3,(H,21,24)(H,23,25). The van der Waals surface area contributed by atoms with E-state index < -0.39 is 24.0 Å². The van der Waals surface area contributed by atoms with E-state index >= 15 is 0 Å². The van der Waals surface area contributed by atoms with Crippen molar-refractivity contribution in [2.24, 2.45) is 0 Å². The van der Waals surface area contributed by atoms with Gasteiger partial charge >= 0.3 is 5.97 Å². The van der Waals surface area contributed by atoms with E-state index in [-0.39, 0.29) is 11.7 Å². The molecule has 8 heteroatoms. The van der Waals surface area contributed by atoms with Gasteiger partial charge in [-0.1, -0.05) is 41.9 Å². The summed E-state index contributed by atoms with van der Waals surface area (Å²) in [6.07, 6.45) is 0. The fourth-order valence-electron chi connectivity index (χ4n) is 2.59. The second kappa shape index (κ2) is 8.01. The molecule has 2 aromatic carbocycles. The highest BCUT2D eigenvalue weighted by atomic mass is 35.5. The largest absolute Gasteiger partial charge is 0.451 e. The number of esters is 1. The lowest BCUT2D eigenvalue weighted by Gasteiger charge is -2.14. The number of benzene rings is 2. The van der Waals surface area contributed by atoms with Crippen LogP contribution < -0.4 is 10.9 Å². The maximum absolute atomic E-state index is 12.3. The number of nitrogens with zero attached hydrogens (tertiary/aromatic N) is 1.